The van der Waals surface area contributed by atoms with Gasteiger partial charge in [-0.3, -0.25) is 0 Å². The van der Waals surface area contributed by atoms with Gasteiger partial charge in [-0.15, -0.1) is 0 Å². The van der Waals surface area contributed by atoms with E-state index in [0.29, 0.717) is 17.7 Å². The van der Waals surface area contributed by atoms with Crippen molar-refractivity contribution in [3.63, 3.8) is 0 Å². The number of phenolic OH excluding ortho intramolecular Hbond substituents is 1. The Morgan fingerprint density at radius 3 is 1.59 bits per heavy atom. The van der Waals surface area contributed by atoms with Gasteiger partial charge in [0.25, 0.3) is 0 Å². The maximum absolute atomic E-state index is 9.72. The average Bonchev–Trinajstić information content (AvgIpc) is 2.97. The summed E-state index contributed by atoms with van der Waals surface area (Å²) >= 11 is 0. The van der Waals surface area contributed by atoms with Gasteiger partial charge in [-0.25, -0.2) is 0 Å². The lowest BCUT2D eigenvalue weighted by Gasteiger charge is -2.12. The molecule has 5 rings (SSSR count). The van der Waals surface area contributed by atoms with E-state index in [0.717, 1.165) is 33.6 Å². The molecule has 0 fully saturated rings. The number of nitrogens with zero attached hydrogens (tertiary/aromatic N) is 2. The molecule has 4 heteroatoms. The first kappa shape index (κ1) is 24.8. The third-order valence-corrected chi connectivity index (χ3v) is 5.64. The van der Waals surface area contributed by atoms with E-state index in [1.165, 1.54) is 6.07 Å². The second-order valence-electron chi connectivity index (χ2n) is 8.17. The van der Waals surface area contributed by atoms with Crippen LogP contribution in [0.25, 0.3) is 22.3 Å². The highest BCUT2D eigenvalue weighted by Crippen LogP contribution is 2.32. The molecule has 0 bridgehead atoms. The molecule has 37 heavy (non-hydrogen) atoms. The predicted octanol–water partition coefficient (Wildman–Crippen LogP) is 7.74. The van der Waals surface area contributed by atoms with Crippen molar-refractivity contribution >= 4 is 0 Å². The molecule has 0 saturated heterocycles. The van der Waals surface area contributed by atoms with Crippen LogP contribution in [0, 0.1) is 22.7 Å². The zero-order valence-corrected chi connectivity index (χ0v) is 20.1. The largest absolute Gasteiger partial charge is 0.507 e. The van der Waals surface area contributed by atoms with Crippen LogP contribution in [0.3, 0.4) is 0 Å². The zero-order valence-electron chi connectivity index (χ0n) is 20.1. The first-order valence-electron chi connectivity index (χ1n) is 11.7. The highest BCUT2D eigenvalue weighted by atomic mass is 16.5. The Bertz CT molecular complexity index is 1540. The summed E-state index contributed by atoms with van der Waals surface area (Å²) in [6.45, 7) is 0.482. The number of nitriles is 2. The molecule has 0 aromatic heterocycles. The van der Waals surface area contributed by atoms with E-state index in [9.17, 15) is 5.11 Å². The molecule has 0 spiro atoms. The third-order valence-electron chi connectivity index (χ3n) is 5.64. The Kier molecular flexibility index (Phi) is 8.31. The van der Waals surface area contributed by atoms with Crippen LogP contribution < -0.4 is 4.74 Å². The van der Waals surface area contributed by atoms with Crippen molar-refractivity contribution in [3.05, 3.63) is 144 Å². The minimum atomic E-state index is 0.139. The summed E-state index contributed by atoms with van der Waals surface area (Å²) in [5.74, 6) is 0.870. The van der Waals surface area contributed by atoms with Crippen molar-refractivity contribution in [1.82, 2.24) is 0 Å². The van der Waals surface area contributed by atoms with Crippen molar-refractivity contribution < 1.29 is 9.84 Å². The molecule has 0 amide bonds. The maximum atomic E-state index is 9.72. The van der Waals surface area contributed by atoms with E-state index in [-0.39, 0.29) is 5.75 Å². The van der Waals surface area contributed by atoms with Gasteiger partial charge in [0.1, 0.15) is 18.1 Å². The SMILES string of the molecule is N#Cc1ccc(-c2ccccc2)c(O)c1.N#Cc1ccc(-c2ccccc2)c(OCc2ccccc2)c1. The molecule has 0 heterocycles. The van der Waals surface area contributed by atoms with Crippen LogP contribution in [0.1, 0.15) is 16.7 Å². The van der Waals surface area contributed by atoms with Gasteiger partial charge in [-0.05, 0) is 53.1 Å². The second-order valence-corrected chi connectivity index (χ2v) is 8.17. The van der Waals surface area contributed by atoms with Crippen LogP contribution in [0.2, 0.25) is 0 Å². The Balaban J connectivity index is 0.000000186. The molecule has 5 aromatic rings. The number of hydrogen-bond acceptors (Lipinski definition) is 4. The number of aromatic hydroxyl groups is 1. The fourth-order valence-corrected chi connectivity index (χ4v) is 3.77. The molecular formula is C33H24N2O2. The Hall–Kier alpha value is -5.32. The number of rotatable bonds is 5. The lowest BCUT2D eigenvalue weighted by atomic mass is 10.0. The standard InChI is InChI=1S/C20H15NO.C13H9NO/c21-14-17-11-12-19(18-9-5-2-6-10-18)20(13-17)22-15-16-7-3-1-4-8-16;14-9-10-6-7-12(13(15)8-10)11-4-2-1-3-5-11/h1-13H,15H2;1-8,15H. The van der Waals surface area contributed by atoms with E-state index in [4.69, 9.17) is 15.3 Å². The van der Waals surface area contributed by atoms with Crippen LogP contribution in [0.5, 0.6) is 11.5 Å². The lowest BCUT2D eigenvalue weighted by molar-refractivity contribution is 0.307. The average molecular weight is 481 g/mol. The van der Waals surface area contributed by atoms with Gasteiger partial charge in [0.15, 0.2) is 0 Å². The van der Waals surface area contributed by atoms with E-state index < -0.39 is 0 Å². The second kappa shape index (κ2) is 12.4. The van der Waals surface area contributed by atoms with Crippen LogP contribution in [-0.4, -0.2) is 5.11 Å². The molecule has 0 aliphatic heterocycles. The lowest BCUT2D eigenvalue weighted by Crippen LogP contribution is -1.97. The summed E-state index contributed by atoms with van der Waals surface area (Å²) in [7, 11) is 0. The molecule has 0 radical (unpaired) electrons. The molecular weight excluding hydrogens is 456 g/mol. The van der Waals surface area contributed by atoms with Crippen molar-refractivity contribution in [2.24, 2.45) is 0 Å². The first-order valence-corrected chi connectivity index (χ1v) is 11.7. The highest BCUT2D eigenvalue weighted by molar-refractivity contribution is 5.72. The smallest absolute Gasteiger partial charge is 0.128 e. The van der Waals surface area contributed by atoms with Crippen LogP contribution in [0.15, 0.2) is 127 Å². The molecule has 0 aliphatic rings. The van der Waals surface area contributed by atoms with Crippen molar-refractivity contribution in [2.45, 2.75) is 6.61 Å². The Labute approximate surface area is 216 Å². The van der Waals surface area contributed by atoms with Crippen LogP contribution in [-0.2, 0) is 6.61 Å². The molecule has 178 valence electrons. The van der Waals surface area contributed by atoms with Gasteiger partial charge < -0.3 is 9.84 Å². The van der Waals surface area contributed by atoms with Gasteiger partial charge in [0, 0.05) is 11.1 Å². The summed E-state index contributed by atoms with van der Waals surface area (Å²) in [5, 5.41) is 27.5. The fourth-order valence-electron chi connectivity index (χ4n) is 3.77. The molecule has 0 saturated carbocycles. The summed E-state index contributed by atoms with van der Waals surface area (Å²) in [4.78, 5) is 0. The first-order chi connectivity index (χ1) is 18.2. The normalized spacial score (nSPS) is 9.78. The van der Waals surface area contributed by atoms with Crippen LogP contribution in [0.4, 0.5) is 0 Å². The van der Waals surface area contributed by atoms with E-state index in [2.05, 4.69) is 6.07 Å². The van der Waals surface area contributed by atoms with E-state index >= 15 is 0 Å². The summed E-state index contributed by atoms with van der Waals surface area (Å²) in [5.41, 5.74) is 5.93. The number of hydrogen-bond donors (Lipinski definition) is 1. The van der Waals surface area contributed by atoms with Crippen molar-refractivity contribution in [3.8, 4) is 45.9 Å². The number of benzene rings is 5. The zero-order chi connectivity index (χ0) is 25.9. The topological polar surface area (TPSA) is 77.0 Å². The summed E-state index contributed by atoms with van der Waals surface area (Å²) in [6.07, 6.45) is 0. The monoisotopic (exact) mass is 480 g/mol. The molecule has 1 N–H and O–H groups in total. The fraction of sp³-hybridized carbons (Fsp3) is 0.0303. The number of ether oxygens (including phenoxy) is 1. The molecule has 0 aliphatic carbocycles. The molecule has 4 nitrogen and oxygen atoms in total. The van der Waals surface area contributed by atoms with Gasteiger partial charge in [-0.1, -0.05) is 91.0 Å². The van der Waals surface area contributed by atoms with Gasteiger partial charge in [0.05, 0.1) is 23.3 Å². The van der Waals surface area contributed by atoms with Crippen LogP contribution >= 0.6 is 0 Å². The predicted molar refractivity (Wildman–Crippen MR) is 146 cm³/mol. The minimum absolute atomic E-state index is 0.139. The van der Waals surface area contributed by atoms with Crippen molar-refractivity contribution in [2.75, 3.05) is 0 Å². The maximum Gasteiger partial charge on any atom is 0.128 e. The van der Waals surface area contributed by atoms with E-state index in [1.54, 1.807) is 18.2 Å². The Morgan fingerprint density at radius 1 is 0.568 bits per heavy atom. The molecule has 0 unspecified atom stereocenters. The van der Waals surface area contributed by atoms with Crippen molar-refractivity contribution in [1.29, 1.82) is 10.5 Å². The Morgan fingerprint density at radius 2 is 1.05 bits per heavy atom. The molecule has 5 aromatic carbocycles. The number of phenols is 1. The van der Waals surface area contributed by atoms with Gasteiger partial charge in [-0.2, -0.15) is 10.5 Å². The minimum Gasteiger partial charge on any atom is -0.507 e. The van der Waals surface area contributed by atoms with Gasteiger partial charge >= 0.3 is 0 Å². The summed E-state index contributed by atoms with van der Waals surface area (Å²) in [6, 6.07) is 44.3. The van der Waals surface area contributed by atoms with Gasteiger partial charge in [0.2, 0.25) is 0 Å². The van der Waals surface area contributed by atoms with E-state index in [1.807, 2.05) is 109 Å². The summed E-state index contributed by atoms with van der Waals surface area (Å²) < 4.78 is 5.97. The highest BCUT2D eigenvalue weighted by Gasteiger charge is 2.08. The third kappa shape index (κ3) is 6.63. The quantitative estimate of drug-likeness (QED) is 0.279. The molecule has 0 atom stereocenters.